The third-order valence-electron chi connectivity index (χ3n) is 4.37. The Morgan fingerprint density at radius 1 is 1.24 bits per heavy atom. The van der Waals surface area contributed by atoms with Gasteiger partial charge in [-0.1, -0.05) is 26.0 Å². The number of hydrogen-bond acceptors (Lipinski definition) is 5. The van der Waals surface area contributed by atoms with Gasteiger partial charge in [-0.2, -0.15) is 4.98 Å². The highest BCUT2D eigenvalue weighted by Gasteiger charge is 2.14. The van der Waals surface area contributed by atoms with E-state index in [0.717, 1.165) is 16.8 Å². The highest BCUT2D eigenvalue weighted by Crippen LogP contribution is 2.26. The van der Waals surface area contributed by atoms with Crippen molar-refractivity contribution in [1.82, 2.24) is 14.6 Å². The zero-order valence-corrected chi connectivity index (χ0v) is 16.7. The normalized spacial score (nSPS) is 11.2. The van der Waals surface area contributed by atoms with E-state index in [1.807, 2.05) is 29.6 Å². The quantitative estimate of drug-likeness (QED) is 0.499. The molecule has 0 aliphatic rings. The zero-order chi connectivity index (χ0) is 20.4. The van der Waals surface area contributed by atoms with Gasteiger partial charge in [0.2, 0.25) is 4.96 Å². The van der Waals surface area contributed by atoms with Crippen molar-refractivity contribution in [1.29, 1.82) is 0 Å². The van der Waals surface area contributed by atoms with Crippen molar-refractivity contribution in [2.45, 2.75) is 19.8 Å². The van der Waals surface area contributed by atoms with Gasteiger partial charge in [-0.15, -0.1) is 16.4 Å². The molecular formula is C21H19FN4O2S. The number of carbonyl (C=O) groups is 1. The topological polar surface area (TPSA) is 68.5 Å². The van der Waals surface area contributed by atoms with Crippen LogP contribution in [-0.2, 0) is 4.79 Å². The number of amides is 1. The summed E-state index contributed by atoms with van der Waals surface area (Å²) in [6.07, 6.45) is 0. The van der Waals surface area contributed by atoms with Gasteiger partial charge in [0.25, 0.3) is 11.9 Å². The lowest BCUT2D eigenvalue weighted by molar-refractivity contribution is -0.118. The van der Waals surface area contributed by atoms with Gasteiger partial charge < -0.3 is 4.74 Å². The van der Waals surface area contributed by atoms with E-state index in [-0.39, 0.29) is 24.3 Å². The van der Waals surface area contributed by atoms with Gasteiger partial charge in [-0.3, -0.25) is 10.1 Å². The minimum Gasteiger partial charge on any atom is -0.484 e. The maximum atomic E-state index is 13.2. The molecule has 2 aromatic heterocycles. The Hall–Kier alpha value is -3.26. The summed E-state index contributed by atoms with van der Waals surface area (Å²) < 4.78 is 20.4. The van der Waals surface area contributed by atoms with Crippen LogP contribution >= 0.6 is 11.3 Å². The second-order valence-corrected chi connectivity index (χ2v) is 7.66. The Morgan fingerprint density at radius 3 is 2.79 bits per heavy atom. The van der Waals surface area contributed by atoms with Gasteiger partial charge in [0.1, 0.15) is 11.6 Å². The molecule has 4 rings (SSSR count). The number of hydrogen-bond donors (Lipinski definition) is 1. The SMILES string of the molecule is CC(C)c1cccc(OCC(=O)Nc2nc3scc(-c4ccc(F)cc4)n3n2)c1. The van der Waals surface area contributed by atoms with Gasteiger partial charge in [-0.25, -0.2) is 8.91 Å². The molecule has 4 aromatic rings. The molecule has 0 unspecified atom stereocenters. The maximum Gasteiger partial charge on any atom is 0.264 e. The van der Waals surface area contributed by atoms with Crippen molar-refractivity contribution in [3.63, 3.8) is 0 Å². The molecule has 148 valence electrons. The predicted molar refractivity (Wildman–Crippen MR) is 111 cm³/mol. The second-order valence-electron chi connectivity index (χ2n) is 6.82. The Balaban J connectivity index is 1.43. The van der Waals surface area contributed by atoms with Gasteiger partial charge in [0.05, 0.1) is 5.69 Å². The van der Waals surface area contributed by atoms with Crippen LogP contribution in [0.4, 0.5) is 10.3 Å². The van der Waals surface area contributed by atoms with Gasteiger partial charge in [0, 0.05) is 10.9 Å². The fraction of sp³-hybridized carbons (Fsp3) is 0.190. The van der Waals surface area contributed by atoms with Gasteiger partial charge in [-0.05, 0) is 47.9 Å². The fourth-order valence-corrected chi connectivity index (χ4v) is 3.66. The first-order chi connectivity index (χ1) is 14.0. The molecule has 29 heavy (non-hydrogen) atoms. The molecule has 0 spiro atoms. The van der Waals surface area contributed by atoms with E-state index in [1.54, 1.807) is 16.6 Å². The van der Waals surface area contributed by atoms with E-state index in [0.29, 0.717) is 16.6 Å². The second kappa shape index (κ2) is 8.00. The van der Waals surface area contributed by atoms with Crippen LogP contribution in [0.2, 0.25) is 0 Å². The summed E-state index contributed by atoms with van der Waals surface area (Å²) in [4.78, 5) is 17.2. The first kappa shape index (κ1) is 19.1. The van der Waals surface area contributed by atoms with Crippen LogP contribution in [0.3, 0.4) is 0 Å². The van der Waals surface area contributed by atoms with Crippen LogP contribution in [0.1, 0.15) is 25.3 Å². The third kappa shape index (κ3) is 4.27. The molecular weight excluding hydrogens is 391 g/mol. The number of nitrogens with zero attached hydrogens (tertiary/aromatic N) is 3. The Kier molecular flexibility index (Phi) is 5.26. The van der Waals surface area contributed by atoms with Crippen LogP contribution in [0, 0.1) is 5.82 Å². The number of fused-ring (bicyclic) bond motifs is 1. The van der Waals surface area contributed by atoms with Crippen molar-refractivity contribution in [3.8, 4) is 17.0 Å². The van der Waals surface area contributed by atoms with E-state index >= 15 is 0 Å². The summed E-state index contributed by atoms with van der Waals surface area (Å²) in [5.74, 6) is 0.575. The number of carbonyl (C=O) groups excluding carboxylic acids is 1. The number of benzene rings is 2. The van der Waals surface area contributed by atoms with Gasteiger partial charge in [0.15, 0.2) is 6.61 Å². The number of halogens is 1. The van der Waals surface area contributed by atoms with Crippen molar-refractivity contribution >= 4 is 28.2 Å². The minimum absolute atomic E-state index is 0.140. The number of thiazole rings is 1. The minimum atomic E-state index is -0.346. The molecule has 1 amide bonds. The molecule has 1 N–H and O–H groups in total. The highest BCUT2D eigenvalue weighted by atomic mass is 32.1. The molecule has 8 heteroatoms. The standard InChI is InChI=1S/C21H19FN4O2S/c1-13(2)15-4-3-5-17(10-15)28-11-19(27)23-20-24-21-26(25-20)18(12-29-21)14-6-8-16(22)9-7-14/h3-10,12-13H,11H2,1-2H3,(H,23,25,27). The lowest BCUT2D eigenvalue weighted by Gasteiger charge is -2.09. The van der Waals surface area contributed by atoms with E-state index in [4.69, 9.17) is 4.74 Å². The smallest absolute Gasteiger partial charge is 0.264 e. The van der Waals surface area contributed by atoms with Crippen LogP contribution < -0.4 is 10.1 Å². The molecule has 0 atom stereocenters. The summed E-state index contributed by atoms with van der Waals surface area (Å²) in [5.41, 5.74) is 2.74. The van der Waals surface area contributed by atoms with E-state index in [2.05, 4.69) is 29.2 Å². The Bertz CT molecular complexity index is 1150. The van der Waals surface area contributed by atoms with Crippen LogP contribution in [0.25, 0.3) is 16.2 Å². The third-order valence-corrected chi connectivity index (χ3v) is 5.18. The summed E-state index contributed by atoms with van der Waals surface area (Å²) in [6.45, 7) is 4.06. The number of aromatic nitrogens is 3. The molecule has 0 aliphatic heterocycles. The van der Waals surface area contributed by atoms with Crippen molar-refractivity contribution in [2.75, 3.05) is 11.9 Å². The molecule has 0 saturated heterocycles. The van der Waals surface area contributed by atoms with Crippen molar-refractivity contribution < 1.29 is 13.9 Å². The van der Waals surface area contributed by atoms with Crippen molar-refractivity contribution in [3.05, 3.63) is 65.3 Å². The largest absolute Gasteiger partial charge is 0.484 e. The fourth-order valence-electron chi connectivity index (χ4n) is 2.83. The number of rotatable bonds is 6. The molecule has 6 nitrogen and oxygen atoms in total. The monoisotopic (exact) mass is 410 g/mol. The Morgan fingerprint density at radius 2 is 2.03 bits per heavy atom. The van der Waals surface area contributed by atoms with E-state index in [9.17, 15) is 9.18 Å². The average molecular weight is 410 g/mol. The molecule has 0 radical (unpaired) electrons. The van der Waals surface area contributed by atoms with E-state index in [1.165, 1.54) is 23.5 Å². The molecule has 2 heterocycles. The van der Waals surface area contributed by atoms with Crippen LogP contribution in [0.15, 0.2) is 53.9 Å². The lowest BCUT2D eigenvalue weighted by Crippen LogP contribution is -2.21. The number of ether oxygens (including phenoxy) is 1. The number of anilines is 1. The maximum absolute atomic E-state index is 13.2. The number of nitrogens with one attached hydrogen (secondary N) is 1. The van der Waals surface area contributed by atoms with Crippen LogP contribution in [-0.4, -0.2) is 27.1 Å². The molecule has 0 aliphatic carbocycles. The van der Waals surface area contributed by atoms with Crippen LogP contribution in [0.5, 0.6) is 5.75 Å². The summed E-state index contributed by atoms with van der Waals surface area (Å²) >= 11 is 1.39. The zero-order valence-electron chi connectivity index (χ0n) is 15.9. The van der Waals surface area contributed by atoms with Gasteiger partial charge >= 0.3 is 0 Å². The van der Waals surface area contributed by atoms with Crippen molar-refractivity contribution in [2.24, 2.45) is 0 Å². The Labute approximate surface area is 171 Å². The average Bonchev–Trinajstić information content (AvgIpc) is 3.27. The highest BCUT2D eigenvalue weighted by molar-refractivity contribution is 7.15. The molecule has 0 saturated carbocycles. The lowest BCUT2D eigenvalue weighted by atomic mass is 10.0. The predicted octanol–water partition coefficient (Wildman–Crippen LogP) is 4.74. The molecule has 0 fully saturated rings. The van der Waals surface area contributed by atoms with E-state index < -0.39 is 0 Å². The first-order valence-corrected chi connectivity index (χ1v) is 10.0. The molecule has 0 bridgehead atoms. The summed E-state index contributed by atoms with van der Waals surface area (Å²) in [5, 5.41) is 8.88. The molecule has 2 aromatic carbocycles. The summed E-state index contributed by atoms with van der Waals surface area (Å²) in [6, 6.07) is 13.8. The first-order valence-electron chi connectivity index (χ1n) is 9.12. The summed E-state index contributed by atoms with van der Waals surface area (Å²) in [7, 11) is 0.